The molecule has 1 aromatic carbocycles. The third kappa shape index (κ3) is 3.65. The van der Waals surface area contributed by atoms with Gasteiger partial charge < -0.3 is 4.90 Å². The highest BCUT2D eigenvalue weighted by atomic mass is 32.1. The third-order valence-electron chi connectivity index (χ3n) is 4.80. The van der Waals surface area contributed by atoms with Gasteiger partial charge in [0, 0.05) is 30.0 Å². The number of carbonyl (C=O) groups excluding carboxylic acids is 1. The third-order valence-corrected chi connectivity index (χ3v) is 5.57. The summed E-state index contributed by atoms with van der Waals surface area (Å²) in [5.74, 6) is 1.22. The Balaban J connectivity index is 1.33. The standard InChI is InChI=1S/C18H20N6OS/c1-12-19-16(11-26-12)14-4-2-13(3-5-14)10-17(25)24-8-6-15(7-9-24)18-20-22-23-21-18/h2-5,11,15H,6-10H2,1H3,(H,20,21,22,23). The maximum Gasteiger partial charge on any atom is 0.226 e. The minimum Gasteiger partial charge on any atom is -0.342 e. The summed E-state index contributed by atoms with van der Waals surface area (Å²) in [7, 11) is 0. The molecule has 1 N–H and O–H groups in total. The average molecular weight is 368 g/mol. The van der Waals surface area contributed by atoms with Crippen molar-refractivity contribution in [3.63, 3.8) is 0 Å². The zero-order valence-electron chi connectivity index (χ0n) is 14.6. The maximum absolute atomic E-state index is 12.6. The van der Waals surface area contributed by atoms with Crippen molar-refractivity contribution in [3.8, 4) is 11.3 Å². The number of aromatic nitrogens is 5. The largest absolute Gasteiger partial charge is 0.342 e. The van der Waals surface area contributed by atoms with Crippen LogP contribution >= 0.6 is 11.3 Å². The SMILES string of the molecule is Cc1nc(-c2ccc(CC(=O)N3CCC(c4nn[nH]n4)CC3)cc2)cs1. The van der Waals surface area contributed by atoms with Crippen LogP contribution in [0.5, 0.6) is 0 Å². The predicted octanol–water partition coefficient (Wildman–Crippen LogP) is 2.58. The lowest BCUT2D eigenvalue weighted by Gasteiger charge is -2.30. The summed E-state index contributed by atoms with van der Waals surface area (Å²) >= 11 is 1.65. The highest BCUT2D eigenvalue weighted by Crippen LogP contribution is 2.25. The van der Waals surface area contributed by atoms with Gasteiger partial charge in [0.1, 0.15) is 0 Å². The van der Waals surface area contributed by atoms with Gasteiger partial charge in [0.15, 0.2) is 5.82 Å². The zero-order valence-corrected chi connectivity index (χ0v) is 15.4. The maximum atomic E-state index is 12.6. The number of hydrogen-bond acceptors (Lipinski definition) is 6. The van der Waals surface area contributed by atoms with Crippen molar-refractivity contribution >= 4 is 17.2 Å². The van der Waals surface area contributed by atoms with E-state index >= 15 is 0 Å². The molecule has 1 fully saturated rings. The second-order valence-corrected chi connectivity index (χ2v) is 7.61. The second kappa shape index (κ2) is 7.33. The topological polar surface area (TPSA) is 87.7 Å². The van der Waals surface area contributed by atoms with E-state index in [1.807, 2.05) is 36.1 Å². The molecule has 1 aliphatic heterocycles. The normalized spacial score (nSPS) is 15.3. The van der Waals surface area contributed by atoms with Crippen LogP contribution in [0.4, 0.5) is 0 Å². The lowest BCUT2D eigenvalue weighted by Crippen LogP contribution is -2.39. The molecule has 134 valence electrons. The van der Waals surface area contributed by atoms with Crippen LogP contribution in [0.15, 0.2) is 29.6 Å². The molecule has 0 radical (unpaired) electrons. The van der Waals surface area contributed by atoms with Gasteiger partial charge >= 0.3 is 0 Å². The molecule has 8 heteroatoms. The molecule has 1 aliphatic rings. The van der Waals surface area contributed by atoms with Gasteiger partial charge in [0.25, 0.3) is 0 Å². The van der Waals surface area contributed by atoms with Crippen LogP contribution in [0, 0.1) is 6.92 Å². The summed E-state index contributed by atoms with van der Waals surface area (Å²) in [6.07, 6.45) is 2.20. The molecular formula is C18H20N6OS. The average Bonchev–Trinajstić information content (AvgIpc) is 3.34. The number of aryl methyl sites for hydroxylation is 1. The van der Waals surface area contributed by atoms with Crippen molar-refractivity contribution in [2.45, 2.75) is 32.1 Å². The van der Waals surface area contributed by atoms with E-state index in [9.17, 15) is 4.79 Å². The van der Waals surface area contributed by atoms with Gasteiger partial charge in [-0.25, -0.2) is 4.98 Å². The Morgan fingerprint density at radius 2 is 2.04 bits per heavy atom. The Morgan fingerprint density at radius 3 is 2.65 bits per heavy atom. The van der Waals surface area contributed by atoms with E-state index in [0.29, 0.717) is 12.3 Å². The highest BCUT2D eigenvalue weighted by Gasteiger charge is 2.26. The summed E-state index contributed by atoms with van der Waals surface area (Å²) in [5, 5.41) is 17.3. The van der Waals surface area contributed by atoms with E-state index < -0.39 is 0 Å². The quantitative estimate of drug-likeness (QED) is 0.765. The lowest BCUT2D eigenvalue weighted by atomic mass is 9.95. The van der Waals surface area contributed by atoms with Gasteiger partial charge in [-0.3, -0.25) is 4.79 Å². The van der Waals surface area contributed by atoms with Crippen LogP contribution in [0.25, 0.3) is 11.3 Å². The number of likely N-dealkylation sites (tertiary alicyclic amines) is 1. The van der Waals surface area contributed by atoms with Gasteiger partial charge in [-0.1, -0.05) is 29.5 Å². The molecule has 1 saturated heterocycles. The summed E-state index contributed by atoms with van der Waals surface area (Å²) in [6.45, 7) is 3.49. The first-order chi connectivity index (χ1) is 12.7. The summed E-state index contributed by atoms with van der Waals surface area (Å²) in [6, 6.07) is 8.13. The van der Waals surface area contributed by atoms with Crippen LogP contribution in [0.1, 0.15) is 35.2 Å². The number of benzene rings is 1. The van der Waals surface area contributed by atoms with Gasteiger partial charge in [0.2, 0.25) is 5.91 Å². The molecule has 1 amide bonds. The minimum absolute atomic E-state index is 0.175. The molecule has 0 aliphatic carbocycles. The number of amides is 1. The van der Waals surface area contributed by atoms with E-state index in [1.165, 1.54) is 0 Å². The summed E-state index contributed by atoms with van der Waals surface area (Å²) in [5.41, 5.74) is 3.12. The number of rotatable bonds is 4. The molecule has 3 aromatic rings. The smallest absolute Gasteiger partial charge is 0.226 e. The number of aromatic amines is 1. The van der Waals surface area contributed by atoms with E-state index in [-0.39, 0.29) is 5.91 Å². The fraction of sp³-hybridized carbons (Fsp3) is 0.389. The van der Waals surface area contributed by atoms with Crippen LogP contribution in [-0.2, 0) is 11.2 Å². The molecule has 0 spiro atoms. The molecule has 0 atom stereocenters. The van der Waals surface area contributed by atoms with Crippen molar-refractivity contribution in [3.05, 3.63) is 46.0 Å². The Hall–Kier alpha value is -2.61. The Labute approximate surface area is 155 Å². The molecule has 0 saturated carbocycles. The van der Waals surface area contributed by atoms with E-state index in [0.717, 1.165) is 53.6 Å². The first kappa shape index (κ1) is 16.8. The summed E-state index contributed by atoms with van der Waals surface area (Å²) < 4.78 is 0. The number of hydrogen-bond donors (Lipinski definition) is 1. The van der Waals surface area contributed by atoms with Crippen molar-refractivity contribution in [1.82, 2.24) is 30.5 Å². The fourth-order valence-electron chi connectivity index (χ4n) is 3.31. The first-order valence-electron chi connectivity index (χ1n) is 8.71. The Bertz CT molecular complexity index is 865. The van der Waals surface area contributed by atoms with Crippen molar-refractivity contribution in [1.29, 1.82) is 0 Å². The van der Waals surface area contributed by atoms with E-state index in [2.05, 4.69) is 31.0 Å². The molecule has 0 unspecified atom stereocenters. The fourth-order valence-corrected chi connectivity index (χ4v) is 3.93. The van der Waals surface area contributed by atoms with E-state index in [4.69, 9.17) is 0 Å². The van der Waals surface area contributed by atoms with Crippen LogP contribution in [-0.4, -0.2) is 49.5 Å². The van der Waals surface area contributed by atoms with E-state index in [1.54, 1.807) is 11.3 Å². The molecule has 0 bridgehead atoms. The molecular weight excluding hydrogens is 348 g/mol. The van der Waals surface area contributed by atoms with Crippen molar-refractivity contribution in [2.75, 3.05) is 13.1 Å². The predicted molar refractivity (Wildman–Crippen MR) is 98.7 cm³/mol. The number of tetrazole rings is 1. The second-order valence-electron chi connectivity index (χ2n) is 6.55. The number of nitrogens with one attached hydrogen (secondary N) is 1. The Morgan fingerprint density at radius 1 is 1.27 bits per heavy atom. The van der Waals surface area contributed by atoms with Gasteiger partial charge in [-0.15, -0.1) is 21.5 Å². The van der Waals surface area contributed by atoms with Gasteiger partial charge in [-0.05, 0) is 25.3 Å². The Kier molecular flexibility index (Phi) is 4.75. The van der Waals surface area contributed by atoms with Gasteiger partial charge in [0.05, 0.1) is 17.1 Å². The number of carbonyl (C=O) groups is 1. The highest BCUT2D eigenvalue weighted by molar-refractivity contribution is 7.09. The lowest BCUT2D eigenvalue weighted by molar-refractivity contribution is -0.131. The minimum atomic E-state index is 0.175. The molecule has 2 aromatic heterocycles. The zero-order chi connectivity index (χ0) is 17.9. The number of piperidine rings is 1. The molecule has 4 rings (SSSR count). The van der Waals surface area contributed by atoms with Crippen LogP contribution < -0.4 is 0 Å². The number of thiazole rings is 1. The van der Waals surface area contributed by atoms with Crippen LogP contribution in [0.2, 0.25) is 0 Å². The first-order valence-corrected chi connectivity index (χ1v) is 9.59. The monoisotopic (exact) mass is 368 g/mol. The molecule has 7 nitrogen and oxygen atoms in total. The van der Waals surface area contributed by atoms with Crippen molar-refractivity contribution in [2.24, 2.45) is 0 Å². The molecule has 26 heavy (non-hydrogen) atoms. The van der Waals surface area contributed by atoms with Crippen molar-refractivity contribution < 1.29 is 4.79 Å². The summed E-state index contributed by atoms with van der Waals surface area (Å²) in [4.78, 5) is 19.0. The number of H-pyrrole nitrogens is 1. The molecule has 3 heterocycles. The number of nitrogens with zero attached hydrogens (tertiary/aromatic N) is 5. The van der Waals surface area contributed by atoms with Gasteiger partial charge in [-0.2, -0.15) is 5.21 Å². The van der Waals surface area contributed by atoms with Crippen LogP contribution in [0.3, 0.4) is 0 Å².